The quantitative estimate of drug-likeness (QED) is 0.0483. The molecule has 0 amide bonds. The molecule has 2 unspecified atom stereocenters. The third-order valence-corrected chi connectivity index (χ3v) is 10.0. The van der Waals surface area contributed by atoms with Crippen molar-refractivity contribution in [2.75, 3.05) is 0 Å². The Morgan fingerprint density at radius 1 is 0.333 bits per heavy atom. The SMILES string of the molecule is C=CCC(CCCCCCCCCCCCCCCCCC)OC(CC=C)CCCCCCCCCCCCCCCCCC. The van der Waals surface area contributed by atoms with E-state index < -0.39 is 0 Å². The maximum atomic E-state index is 6.64. The van der Waals surface area contributed by atoms with Gasteiger partial charge in [-0.2, -0.15) is 0 Å². The maximum Gasteiger partial charge on any atom is 0.0613 e. The summed E-state index contributed by atoms with van der Waals surface area (Å²) in [4.78, 5) is 0. The molecule has 0 bridgehead atoms. The van der Waals surface area contributed by atoms with Gasteiger partial charge in [0, 0.05) is 0 Å². The van der Waals surface area contributed by atoms with Crippen LogP contribution in [0.4, 0.5) is 0 Å². The van der Waals surface area contributed by atoms with Crippen molar-refractivity contribution >= 4 is 0 Å². The average Bonchev–Trinajstić information content (AvgIpc) is 3.04. The molecule has 0 aromatic rings. The first-order chi connectivity index (χ1) is 22.3. The van der Waals surface area contributed by atoms with Gasteiger partial charge in [0.1, 0.15) is 0 Å². The lowest BCUT2D eigenvalue weighted by molar-refractivity contribution is -0.0190. The summed E-state index contributed by atoms with van der Waals surface area (Å²) in [5.74, 6) is 0. The normalized spacial score (nSPS) is 12.8. The topological polar surface area (TPSA) is 9.23 Å². The molecule has 0 radical (unpaired) electrons. The second-order valence-electron chi connectivity index (χ2n) is 14.6. The molecule has 2 atom stereocenters. The molecule has 268 valence electrons. The molecule has 1 nitrogen and oxygen atoms in total. The highest BCUT2D eigenvalue weighted by Gasteiger charge is 2.15. The van der Waals surface area contributed by atoms with E-state index in [4.69, 9.17) is 4.74 Å². The molecule has 0 aliphatic carbocycles. The predicted molar refractivity (Wildman–Crippen MR) is 207 cm³/mol. The minimum atomic E-state index is 0.347. The summed E-state index contributed by atoms with van der Waals surface area (Å²) in [7, 11) is 0. The van der Waals surface area contributed by atoms with Gasteiger partial charge >= 0.3 is 0 Å². The molecule has 0 saturated heterocycles. The Balaban J connectivity index is 3.70. The highest BCUT2D eigenvalue weighted by atomic mass is 16.5. The van der Waals surface area contributed by atoms with Gasteiger partial charge in [-0.25, -0.2) is 0 Å². The van der Waals surface area contributed by atoms with Crippen LogP contribution in [0.5, 0.6) is 0 Å². The molecule has 0 aromatic heterocycles. The van der Waals surface area contributed by atoms with Crippen LogP contribution in [0.15, 0.2) is 25.3 Å². The first-order valence-corrected chi connectivity index (χ1v) is 21.2. The highest BCUT2D eigenvalue weighted by molar-refractivity contribution is 4.79. The summed E-state index contributed by atoms with van der Waals surface area (Å²) in [6, 6.07) is 0. The number of ether oxygens (including phenoxy) is 1. The van der Waals surface area contributed by atoms with E-state index in [-0.39, 0.29) is 0 Å². The van der Waals surface area contributed by atoms with E-state index in [9.17, 15) is 0 Å². The molecule has 0 aliphatic rings. The zero-order valence-corrected chi connectivity index (χ0v) is 31.6. The number of rotatable bonds is 40. The molecule has 0 heterocycles. The lowest BCUT2D eigenvalue weighted by Gasteiger charge is -2.24. The molecule has 1 heteroatoms. The summed E-state index contributed by atoms with van der Waals surface area (Å²) in [5, 5.41) is 0. The molecule has 0 saturated carbocycles. The van der Waals surface area contributed by atoms with Crippen LogP contribution >= 0.6 is 0 Å². The summed E-state index contributed by atoms with van der Waals surface area (Å²) in [6.45, 7) is 12.7. The lowest BCUT2D eigenvalue weighted by Crippen LogP contribution is -2.22. The van der Waals surface area contributed by atoms with E-state index in [1.165, 1.54) is 218 Å². The van der Waals surface area contributed by atoms with Crippen LogP contribution in [-0.4, -0.2) is 12.2 Å². The van der Waals surface area contributed by atoms with Crippen LogP contribution in [0.3, 0.4) is 0 Å². The van der Waals surface area contributed by atoms with Crippen LogP contribution in [0.2, 0.25) is 0 Å². The van der Waals surface area contributed by atoms with E-state index >= 15 is 0 Å². The lowest BCUT2D eigenvalue weighted by atomic mass is 10.0. The van der Waals surface area contributed by atoms with Crippen LogP contribution in [0, 0.1) is 0 Å². The average molecular weight is 631 g/mol. The predicted octanol–water partition coefficient (Wildman–Crippen LogP) is 16.2. The molecule has 0 rings (SSSR count). The Morgan fingerprint density at radius 2 is 0.533 bits per heavy atom. The van der Waals surface area contributed by atoms with E-state index in [1.807, 2.05) is 0 Å². The fraction of sp³-hybridized carbons (Fsp3) is 0.909. The summed E-state index contributed by atoms with van der Waals surface area (Å²) >= 11 is 0. The molecule has 45 heavy (non-hydrogen) atoms. The van der Waals surface area contributed by atoms with E-state index in [2.05, 4.69) is 39.2 Å². The van der Waals surface area contributed by atoms with Gasteiger partial charge in [-0.15, -0.1) is 13.2 Å². The third kappa shape index (κ3) is 36.1. The van der Waals surface area contributed by atoms with Crippen molar-refractivity contribution in [1.29, 1.82) is 0 Å². The smallest absolute Gasteiger partial charge is 0.0613 e. The van der Waals surface area contributed by atoms with Gasteiger partial charge in [0.15, 0.2) is 0 Å². The summed E-state index contributed by atoms with van der Waals surface area (Å²) in [6.07, 6.45) is 54.9. The van der Waals surface area contributed by atoms with Crippen molar-refractivity contribution in [2.24, 2.45) is 0 Å². The first kappa shape index (κ1) is 44.4. The van der Waals surface area contributed by atoms with E-state index in [0.717, 1.165) is 12.8 Å². The van der Waals surface area contributed by atoms with Crippen LogP contribution in [0.25, 0.3) is 0 Å². The second-order valence-corrected chi connectivity index (χ2v) is 14.6. The monoisotopic (exact) mass is 631 g/mol. The maximum absolute atomic E-state index is 6.64. The van der Waals surface area contributed by atoms with Gasteiger partial charge in [0.05, 0.1) is 12.2 Å². The number of hydrogen-bond acceptors (Lipinski definition) is 1. The zero-order chi connectivity index (χ0) is 32.7. The largest absolute Gasteiger partial charge is 0.374 e. The first-order valence-electron chi connectivity index (χ1n) is 21.2. The van der Waals surface area contributed by atoms with Gasteiger partial charge in [-0.1, -0.05) is 231 Å². The summed E-state index contributed by atoms with van der Waals surface area (Å²) in [5.41, 5.74) is 0. The third-order valence-electron chi connectivity index (χ3n) is 10.0. The van der Waals surface area contributed by atoms with Crippen LogP contribution in [0.1, 0.15) is 245 Å². The van der Waals surface area contributed by atoms with E-state index in [1.54, 1.807) is 0 Å². The van der Waals surface area contributed by atoms with Crippen molar-refractivity contribution < 1.29 is 4.74 Å². The standard InChI is InChI=1S/C44H86O/c1-5-9-11-13-15-17-19-21-23-25-27-29-31-33-35-37-41-43(39-7-3)45-44(40-8-4)42-38-36-34-32-30-28-26-24-22-20-18-16-14-12-10-6-2/h7-8,43-44H,3-6,9-42H2,1-2H3. The second kappa shape index (κ2) is 39.6. The molecule has 0 fully saturated rings. The van der Waals surface area contributed by atoms with Crippen molar-refractivity contribution in [3.05, 3.63) is 25.3 Å². The van der Waals surface area contributed by atoms with Crippen molar-refractivity contribution in [3.8, 4) is 0 Å². The molecular weight excluding hydrogens is 544 g/mol. The van der Waals surface area contributed by atoms with Crippen LogP contribution < -0.4 is 0 Å². The summed E-state index contributed by atoms with van der Waals surface area (Å²) < 4.78 is 6.64. The Labute approximate surface area is 286 Å². The molecule has 0 N–H and O–H groups in total. The Hall–Kier alpha value is -0.560. The molecule has 0 aromatic carbocycles. The van der Waals surface area contributed by atoms with Crippen molar-refractivity contribution in [1.82, 2.24) is 0 Å². The van der Waals surface area contributed by atoms with Gasteiger partial charge in [0.2, 0.25) is 0 Å². The fourth-order valence-corrected chi connectivity index (χ4v) is 6.97. The highest BCUT2D eigenvalue weighted by Crippen LogP contribution is 2.21. The minimum Gasteiger partial charge on any atom is -0.374 e. The van der Waals surface area contributed by atoms with Crippen LogP contribution in [-0.2, 0) is 4.74 Å². The van der Waals surface area contributed by atoms with Gasteiger partial charge in [-0.3, -0.25) is 0 Å². The molecular formula is C44H86O. The zero-order valence-electron chi connectivity index (χ0n) is 31.6. The van der Waals surface area contributed by atoms with Gasteiger partial charge in [0.25, 0.3) is 0 Å². The Kier molecular flexibility index (Phi) is 39.1. The van der Waals surface area contributed by atoms with Gasteiger partial charge < -0.3 is 4.74 Å². The van der Waals surface area contributed by atoms with Crippen molar-refractivity contribution in [2.45, 2.75) is 257 Å². The Bertz CT molecular complexity index is 505. The molecule has 0 spiro atoms. The van der Waals surface area contributed by atoms with Gasteiger partial charge in [-0.05, 0) is 25.7 Å². The number of unbranched alkanes of at least 4 members (excludes halogenated alkanes) is 30. The Morgan fingerprint density at radius 3 is 0.733 bits per heavy atom. The minimum absolute atomic E-state index is 0.347. The number of hydrogen-bond donors (Lipinski definition) is 0. The van der Waals surface area contributed by atoms with Crippen molar-refractivity contribution in [3.63, 3.8) is 0 Å². The molecule has 0 aliphatic heterocycles. The fourth-order valence-electron chi connectivity index (χ4n) is 6.97. The van der Waals surface area contributed by atoms with E-state index in [0.29, 0.717) is 12.2 Å².